The van der Waals surface area contributed by atoms with Crippen LogP contribution in [0.1, 0.15) is 11.1 Å². The molecule has 0 atom stereocenters. The molecule has 0 bridgehead atoms. The van der Waals surface area contributed by atoms with Crippen LogP contribution in [0.15, 0.2) is 55.0 Å². The van der Waals surface area contributed by atoms with Crippen LogP contribution in [0.5, 0.6) is 23.4 Å². The number of halogens is 4. The number of pyridine rings is 1. The number of nitrogens with zero attached hydrogens (tertiary/aromatic N) is 3. The maximum atomic E-state index is 12.8. The Labute approximate surface area is 172 Å². The van der Waals surface area contributed by atoms with Gasteiger partial charge in [-0.15, -0.1) is 0 Å². The van der Waals surface area contributed by atoms with Crippen molar-refractivity contribution in [1.82, 2.24) is 15.0 Å². The van der Waals surface area contributed by atoms with E-state index >= 15 is 0 Å². The second-order valence-corrected chi connectivity index (χ2v) is 6.02. The highest BCUT2D eigenvalue weighted by Gasteiger charge is 2.31. The Morgan fingerprint density at radius 3 is 2.47 bits per heavy atom. The highest BCUT2D eigenvalue weighted by molar-refractivity contribution is 6.31. The summed E-state index contributed by atoms with van der Waals surface area (Å²) in [6, 6.07) is 6.67. The van der Waals surface area contributed by atoms with Crippen LogP contribution in [-0.4, -0.2) is 26.0 Å². The molecule has 0 spiro atoms. The summed E-state index contributed by atoms with van der Waals surface area (Å²) in [7, 11) is 0. The third-order valence-electron chi connectivity index (χ3n) is 3.48. The number of carboxylic acid groups (broad SMARTS) is 1. The fourth-order valence-electron chi connectivity index (χ4n) is 2.17. The zero-order valence-electron chi connectivity index (χ0n) is 14.8. The summed E-state index contributed by atoms with van der Waals surface area (Å²) in [5.74, 6) is -1.24. The van der Waals surface area contributed by atoms with Crippen molar-refractivity contribution in [2.45, 2.75) is 6.18 Å². The van der Waals surface area contributed by atoms with Crippen LogP contribution in [0.4, 0.5) is 13.2 Å². The molecule has 0 saturated heterocycles. The average molecular weight is 438 g/mol. The predicted octanol–water partition coefficient (Wildman–Crippen LogP) is 5.23. The smallest absolute Gasteiger partial charge is 0.417 e. The number of carboxylic acids is 1. The zero-order valence-corrected chi connectivity index (χ0v) is 15.6. The van der Waals surface area contributed by atoms with E-state index in [-0.39, 0.29) is 34.0 Å². The zero-order chi connectivity index (χ0) is 21.7. The normalized spacial score (nSPS) is 11.5. The number of hydrogen-bond donors (Lipinski definition) is 1. The lowest BCUT2D eigenvalue weighted by atomic mass is 10.1. The van der Waals surface area contributed by atoms with Crippen LogP contribution in [0.2, 0.25) is 5.02 Å². The van der Waals surface area contributed by atoms with E-state index in [0.29, 0.717) is 12.3 Å². The Balaban J connectivity index is 1.95. The van der Waals surface area contributed by atoms with Crippen molar-refractivity contribution >= 4 is 23.6 Å². The Hall–Kier alpha value is -3.66. The van der Waals surface area contributed by atoms with Gasteiger partial charge in [0.2, 0.25) is 5.88 Å². The van der Waals surface area contributed by atoms with Gasteiger partial charge in [-0.2, -0.15) is 13.2 Å². The molecular formula is C19H11ClF3N3O4. The standard InChI is InChI=1S/C19H11ClF3N3O4/c20-14-8-12(19(21,22)23)10-26-17(14)30-15-9-13(29-18-24-6-1-7-25-18)4-2-11(15)3-5-16(27)28/h1-10H,(H,27,28). The van der Waals surface area contributed by atoms with E-state index in [1.807, 2.05) is 0 Å². The first-order valence-corrected chi connectivity index (χ1v) is 8.50. The molecule has 0 aliphatic rings. The van der Waals surface area contributed by atoms with E-state index in [4.69, 9.17) is 26.2 Å². The minimum absolute atomic E-state index is 0.0371. The van der Waals surface area contributed by atoms with Gasteiger partial charge in [-0.3, -0.25) is 0 Å². The first kappa shape index (κ1) is 21.1. The van der Waals surface area contributed by atoms with E-state index in [1.165, 1.54) is 36.7 Å². The second kappa shape index (κ2) is 8.78. The molecule has 1 N–H and O–H groups in total. The van der Waals surface area contributed by atoms with Crippen molar-refractivity contribution in [2.24, 2.45) is 0 Å². The van der Waals surface area contributed by atoms with E-state index in [9.17, 15) is 18.0 Å². The average Bonchev–Trinajstić information content (AvgIpc) is 2.69. The molecule has 30 heavy (non-hydrogen) atoms. The van der Waals surface area contributed by atoms with Gasteiger partial charge >= 0.3 is 18.2 Å². The molecule has 11 heteroatoms. The Kier molecular flexibility index (Phi) is 6.17. The second-order valence-electron chi connectivity index (χ2n) is 5.62. The fourth-order valence-corrected chi connectivity index (χ4v) is 2.37. The molecule has 0 aliphatic carbocycles. The Morgan fingerprint density at radius 1 is 1.10 bits per heavy atom. The molecule has 0 saturated carbocycles. The van der Waals surface area contributed by atoms with Crippen LogP contribution in [0.3, 0.4) is 0 Å². The van der Waals surface area contributed by atoms with Gasteiger partial charge in [0.1, 0.15) is 16.5 Å². The number of aliphatic carboxylic acids is 1. The topological polar surface area (TPSA) is 94.4 Å². The van der Waals surface area contributed by atoms with Crippen LogP contribution in [0.25, 0.3) is 6.08 Å². The summed E-state index contributed by atoms with van der Waals surface area (Å²) in [5.41, 5.74) is -0.749. The molecule has 3 rings (SSSR count). The van der Waals surface area contributed by atoms with Gasteiger partial charge < -0.3 is 14.6 Å². The van der Waals surface area contributed by atoms with Gasteiger partial charge in [0, 0.05) is 36.3 Å². The van der Waals surface area contributed by atoms with Crippen molar-refractivity contribution in [3.05, 3.63) is 71.1 Å². The number of benzene rings is 1. The van der Waals surface area contributed by atoms with E-state index in [1.54, 1.807) is 6.07 Å². The van der Waals surface area contributed by atoms with Crippen molar-refractivity contribution in [2.75, 3.05) is 0 Å². The van der Waals surface area contributed by atoms with Crippen molar-refractivity contribution in [1.29, 1.82) is 0 Å². The fraction of sp³-hybridized carbons (Fsp3) is 0.0526. The first-order chi connectivity index (χ1) is 14.2. The molecule has 154 valence electrons. The highest BCUT2D eigenvalue weighted by atomic mass is 35.5. The Morgan fingerprint density at radius 2 is 1.83 bits per heavy atom. The van der Waals surface area contributed by atoms with Gasteiger partial charge in [0.05, 0.1) is 5.56 Å². The minimum atomic E-state index is -4.62. The van der Waals surface area contributed by atoms with Gasteiger partial charge in [-0.25, -0.2) is 19.7 Å². The molecule has 0 radical (unpaired) electrons. The molecule has 0 amide bonds. The summed E-state index contributed by atoms with van der Waals surface area (Å²) in [4.78, 5) is 22.3. The van der Waals surface area contributed by atoms with E-state index < -0.39 is 17.7 Å². The SMILES string of the molecule is O=C(O)C=Cc1ccc(Oc2ncccn2)cc1Oc1ncc(C(F)(F)F)cc1Cl. The van der Waals surface area contributed by atoms with Crippen LogP contribution >= 0.6 is 11.6 Å². The number of ether oxygens (including phenoxy) is 2. The third-order valence-corrected chi connectivity index (χ3v) is 3.75. The van der Waals surface area contributed by atoms with Crippen molar-refractivity contribution in [3.63, 3.8) is 0 Å². The number of aromatic nitrogens is 3. The largest absolute Gasteiger partial charge is 0.478 e. The highest BCUT2D eigenvalue weighted by Crippen LogP contribution is 2.37. The van der Waals surface area contributed by atoms with E-state index in [2.05, 4.69) is 15.0 Å². The van der Waals surface area contributed by atoms with Crippen LogP contribution in [0, 0.1) is 0 Å². The van der Waals surface area contributed by atoms with E-state index in [0.717, 1.165) is 6.08 Å². The quantitative estimate of drug-likeness (QED) is 0.528. The molecular weight excluding hydrogens is 427 g/mol. The predicted molar refractivity (Wildman–Crippen MR) is 99.5 cm³/mol. The van der Waals surface area contributed by atoms with Gasteiger partial charge in [0.25, 0.3) is 0 Å². The maximum Gasteiger partial charge on any atom is 0.417 e. The Bertz CT molecular complexity index is 1090. The summed E-state index contributed by atoms with van der Waals surface area (Å²) >= 11 is 5.88. The van der Waals surface area contributed by atoms with Gasteiger partial charge in [-0.05, 0) is 30.3 Å². The monoisotopic (exact) mass is 437 g/mol. The van der Waals surface area contributed by atoms with Gasteiger partial charge in [0.15, 0.2) is 0 Å². The van der Waals surface area contributed by atoms with Crippen LogP contribution < -0.4 is 9.47 Å². The molecule has 2 heterocycles. The number of carbonyl (C=O) groups is 1. The van der Waals surface area contributed by atoms with Gasteiger partial charge in [-0.1, -0.05) is 11.6 Å². The molecule has 0 fully saturated rings. The molecule has 7 nitrogen and oxygen atoms in total. The molecule has 3 aromatic rings. The first-order valence-electron chi connectivity index (χ1n) is 8.13. The molecule has 0 unspecified atom stereocenters. The lowest BCUT2D eigenvalue weighted by molar-refractivity contribution is -0.138. The van der Waals surface area contributed by atoms with Crippen molar-refractivity contribution < 1.29 is 32.5 Å². The number of hydrogen-bond acceptors (Lipinski definition) is 6. The molecule has 1 aromatic carbocycles. The summed E-state index contributed by atoms with van der Waals surface area (Å²) < 4.78 is 49.4. The number of rotatable bonds is 6. The van der Waals surface area contributed by atoms with Crippen molar-refractivity contribution in [3.8, 4) is 23.4 Å². The summed E-state index contributed by atoms with van der Waals surface area (Å²) in [5, 5.41) is 8.47. The molecule has 2 aromatic heterocycles. The minimum Gasteiger partial charge on any atom is -0.478 e. The number of alkyl halides is 3. The summed E-state index contributed by atoms with van der Waals surface area (Å²) in [6.45, 7) is 0. The summed E-state index contributed by atoms with van der Waals surface area (Å²) in [6.07, 6.45) is 0.995. The third kappa shape index (κ3) is 5.45. The lowest BCUT2D eigenvalue weighted by Crippen LogP contribution is -2.06. The maximum absolute atomic E-state index is 12.8. The van der Waals surface area contributed by atoms with Crippen LogP contribution in [-0.2, 0) is 11.0 Å². The lowest BCUT2D eigenvalue weighted by Gasteiger charge is -2.13. The molecule has 0 aliphatic heterocycles.